The van der Waals surface area contributed by atoms with Crippen LogP contribution >= 0.6 is 0 Å². The molecule has 0 aliphatic heterocycles. The Balaban J connectivity index is 1.04. The van der Waals surface area contributed by atoms with Crippen molar-refractivity contribution in [3.05, 3.63) is 234 Å². The summed E-state index contributed by atoms with van der Waals surface area (Å²) in [5, 5.41) is 0. The van der Waals surface area contributed by atoms with Crippen molar-refractivity contribution in [3.8, 4) is 78.4 Å². The minimum Gasteiger partial charge on any atom is -0.238 e. The van der Waals surface area contributed by atoms with Gasteiger partial charge in [0.15, 0.2) is 11.5 Å². The van der Waals surface area contributed by atoms with E-state index in [2.05, 4.69) is 175 Å². The third-order valence-corrected chi connectivity index (χ3v) is 11.8. The van der Waals surface area contributed by atoms with Crippen LogP contribution in [-0.2, 0) is 5.41 Å². The summed E-state index contributed by atoms with van der Waals surface area (Å²) in [6, 6.07) is 70.7. The van der Waals surface area contributed by atoms with Gasteiger partial charge in [0.25, 0.3) is 0 Å². The lowest BCUT2D eigenvalue weighted by Gasteiger charge is -2.30. The first kappa shape index (κ1) is 32.7. The first-order valence-corrected chi connectivity index (χ1v) is 19.3. The molecule has 0 unspecified atom stereocenters. The number of nitrogens with zero attached hydrogens (tertiary/aromatic N) is 3. The number of benzene rings is 8. The minimum absolute atomic E-state index is 0.518. The van der Waals surface area contributed by atoms with Crippen molar-refractivity contribution in [1.82, 2.24) is 9.97 Å². The van der Waals surface area contributed by atoms with Crippen LogP contribution in [-0.4, -0.2) is 9.97 Å². The highest BCUT2D eigenvalue weighted by Crippen LogP contribution is 2.64. The van der Waals surface area contributed by atoms with Crippen molar-refractivity contribution in [1.29, 1.82) is 0 Å². The zero-order valence-electron chi connectivity index (χ0n) is 30.9. The molecule has 9 aromatic rings. The molecule has 8 aromatic carbocycles. The van der Waals surface area contributed by atoms with Gasteiger partial charge in [-0.25, -0.2) is 14.8 Å². The van der Waals surface area contributed by atoms with Gasteiger partial charge in [-0.3, -0.25) is 0 Å². The molecular formula is C54H33N3. The van der Waals surface area contributed by atoms with E-state index in [1.807, 2.05) is 30.3 Å². The Bertz CT molecular complexity index is 3000. The summed E-state index contributed by atoms with van der Waals surface area (Å²) in [5.41, 5.74) is 19.4. The van der Waals surface area contributed by atoms with E-state index in [0.717, 1.165) is 39.2 Å². The van der Waals surface area contributed by atoms with Gasteiger partial charge in [-0.15, -0.1) is 0 Å². The zero-order valence-corrected chi connectivity index (χ0v) is 30.9. The molecule has 0 atom stereocenters. The van der Waals surface area contributed by atoms with Gasteiger partial charge in [0, 0.05) is 16.7 Å². The quantitative estimate of drug-likeness (QED) is 0.166. The molecule has 11 rings (SSSR count). The molecule has 1 aromatic heterocycles. The largest absolute Gasteiger partial charge is 0.238 e. The van der Waals surface area contributed by atoms with Crippen molar-refractivity contribution >= 4 is 5.69 Å². The molecule has 1 spiro atoms. The van der Waals surface area contributed by atoms with Crippen LogP contribution in [0.4, 0.5) is 5.69 Å². The van der Waals surface area contributed by atoms with Crippen molar-refractivity contribution in [3.63, 3.8) is 0 Å². The standard InChI is InChI=1S/C54H33N3/c1-55-41-31-32-45-49(33-41)54(46-20-10-8-17-43(46)44-18-9-11-21-47(44)54)48-22-12-19-42(52(45)48)37-25-29-40(30-26-37)53-56-50(38-15-6-3-7-16-38)34-51(57-53)39-27-23-36(24-28-39)35-13-4-2-5-14-35/h2-34H. The summed E-state index contributed by atoms with van der Waals surface area (Å²) in [6.45, 7) is 7.96. The highest BCUT2D eigenvalue weighted by atomic mass is 14.9. The molecular weight excluding hydrogens is 691 g/mol. The van der Waals surface area contributed by atoms with Crippen molar-refractivity contribution in [2.75, 3.05) is 0 Å². The third-order valence-electron chi connectivity index (χ3n) is 11.8. The van der Waals surface area contributed by atoms with Gasteiger partial charge >= 0.3 is 0 Å². The van der Waals surface area contributed by atoms with Crippen LogP contribution in [0.3, 0.4) is 0 Å². The highest BCUT2D eigenvalue weighted by molar-refractivity contribution is 6.00. The fourth-order valence-electron chi connectivity index (χ4n) is 9.23. The Labute approximate surface area is 332 Å². The van der Waals surface area contributed by atoms with Gasteiger partial charge in [0.2, 0.25) is 0 Å². The normalized spacial score (nSPS) is 12.7. The first-order chi connectivity index (χ1) is 28.2. The number of hydrogen-bond acceptors (Lipinski definition) is 2. The van der Waals surface area contributed by atoms with Gasteiger partial charge in [-0.2, -0.15) is 0 Å². The number of hydrogen-bond donors (Lipinski definition) is 0. The van der Waals surface area contributed by atoms with Gasteiger partial charge in [0.1, 0.15) is 0 Å². The molecule has 0 N–H and O–H groups in total. The van der Waals surface area contributed by atoms with E-state index >= 15 is 0 Å². The van der Waals surface area contributed by atoms with Crippen LogP contribution < -0.4 is 0 Å². The highest BCUT2D eigenvalue weighted by Gasteiger charge is 2.52. The molecule has 3 nitrogen and oxygen atoms in total. The van der Waals surface area contributed by atoms with E-state index in [-0.39, 0.29) is 0 Å². The van der Waals surface area contributed by atoms with E-state index in [1.165, 1.54) is 55.6 Å². The molecule has 1 heterocycles. The molecule has 3 heteroatoms. The second-order valence-electron chi connectivity index (χ2n) is 14.8. The fourth-order valence-corrected chi connectivity index (χ4v) is 9.23. The van der Waals surface area contributed by atoms with Crippen LogP contribution in [0.2, 0.25) is 0 Å². The topological polar surface area (TPSA) is 30.1 Å². The molecule has 264 valence electrons. The maximum absolute atomic E-state index is 7.96. The summed E-state index contributed by atoms with van der Waals surface area (Å²) < 4.78 is 0. The fraction of sp³-hybridized carbons (Fsp3) is 0.0185. The van der Waals surface area contributed by atoms with E-state index in [1.54, 1.807) is 0 Å². The number of fused-ring (bicyclic) bond motifs is 10. The van der Waals surface area contributed by atoms with Crippen LogP contribution in [0.5, 0.6) is 0 Å². The predicted octanol–water partition coefficient (Wildman–Crippen LogP) is 13.7. The molecule has 2 aliphatic carbocycles. The third kappa shape index (κ3) is 5.05. The Kier molecular flexibility index (Phi) is 7.45. The number of aromatic nitrogens is 2. The van der Waals surface area contributed by atoms with Gasteiger partial charge in [-0.05, 0) is 72.8 Å². The second-order valence-corrected chi connectivity index (χ2v) is 14.8. The molecule has 2 aliphatic rings. The van der Waals surface area contributed by atoms with Crippen LogP contribution in [0.15, 0.2) is 200 Å². The Morgan fingerprint density at radius 3 is 1.49 bits per heavy atom. The van der Waals surface area contributed by atoms with Crippen LogP contribution in [0.25, 0.3) is 83.3 Å². The Hall–Kier alpha value is -7.67. The average molecular weight is 724 g/mol. The first-order valence-electron chi connectivity index (χ1n) is 19.3. The molecule has 0 saturated heterocycles. The SMILES string of the molecule is [C-]#[N+]c1ccc2c(c1)C1(c3ccccc3-c3ccccc31)c1cccc(-c3ccc(-c4nc(-c5ccccc5)cc(-c5ccc(-c6ccccc6)cc5)n4)cc3)c1-2. The molecule has 0 amide bonds. The summed E-state index contributed by atoms with van der Waals surface area (Å²) in [7, 11) is 0. The van der Waals surface area contributed by atoms with Gasteiger partial charge < -0.3 is 0 Å². The van der Waals surface area contributed by atoms with E-state index < -0.39 is 5.41 Å². The maximum atomic E-state index is 7.96. The predicted molar refractivity (Wildman–Crippen MR) is 232 cm³/mol. The summed E-state index contributed by atoms with van der Waals surface area (Å²) in [4.78, 5) is 14.2. The van der Waals surface area contributed by atoms with Crippen LogP contribution in [0, 0.1) is 6.57 Å². The van der Waals surface area contributed by atoms with Crippen molar-refractivity contribution < 1.29 is 0 Å². The number of rotatable bonds is 5. The Morgan fingerprint density at radius 1 is 0.351 bits per heavy atom. The van der Waals surface area contributed by atoms with Crippen molar-refractivity contribution in [2.45, 2.75) is 5.41 Å². The molecule has 0 bridgehead atoms. The lowest BCUT2D eigenvalue weighted by Crippen LogP contribution is -2.25. The molecule has 57 heavy (non-hydrogen) atoms. The molecule has 0 saturated carbocycles. The maximum Gasteiger partial charge on any atom is 0.187 e. The smallest absolute Gasteiger partial charge is 0.187 e. The van der Waals surface area contributed by atoms with Gasteiger partial charge in [0.05, 0.1) is 23.4 Å². The van der Waals surface area contributed by atoms with E-state index in [9.17, 15) is 0 Å². The Morgan fingerprint density at radius 2 is 0.842 bits per heavy atom. The van der Waals surface area contributed by atoms with E-state index in [4.69, 9.17) is 16.5 Å². The zero-order chi connectivity index (χ0) is 37.9. The lowest BCUT2D eigenvalue weighted by molar-refractivity contribution is 0.794. The molecule has 0 radical (unpaired) electrons. The average Bonchev–Trinajstić information content (AvgIpc) is 3.77. The lowest BCUT2D eigenvalue weighted by atomic mass is 9.70. The van der Waals surface area contributed by atoms with Crippen LogP contribution in [0.1, 0.15) is 22.3 Å². The van der Waals surface area contributed by atoms with E-state index in [0.29, 0.717) is 11.5 Å². The second kappa shape index (κ2) is 13.0. The summed E-state index contributed by atoms with van der Waals surface area (Å²) >= 11 is 0. The summed E-state index contributed by atoms with van der Waals surface area (Å²) in [5.74, 6) is 0.679. The van der Waals surface area contributed by atoms with Crippen molar-refractivity contribution in [2.24, 2.45) is 0 Å². The molecule has 0 fully saturated rings. The monoisotopic (exact) mass is 723 g/mol. The minimum atomic E-state index is -0.518. The van der Waals surface area contributed by atoms with Gasteiger partial charge in [-0.1, -0.05) is 194 Å². The summed E-state index contributed by atoms with van der Waals surface area (Å²) in [6.07, 6.45) is 0.